The summed E-state index contributed by atoms with van der Waals surface area (Å²) in [6.07, 6.45) is 1.06. The van der Waals surface area contributed by atoms with Crippen LogP contribution in [0.1, 0.15) is 16.1 Å². The molecular weight excluding hydrogens is 292 g/mol. The summed E-state index contributed by atoms with van der Waals surface area (Å²) < 4.78 is 5.31. The minimum absolute atomic E-state index is 0.112. The number of aromatic nitrogens is 1. The van der Waals surface area contributed by atoms with Crippen molar-refractivity contribution in [3.8, 4) is 11.1 Å². The lowest BCUT2D eigenvalue weighted by atomic mass is 9.98. The smallest absolute Gasteiger partial charge is 0.256 e. The Bertz CT molecular complexity index is 688. The van der Waals surface area contributed by atoms with E-state index < -0.39 is 6.10 Å². The molecule has 120 valence electrons. The van der Waals surface area contributed by atoms with Gasteiger partial charge in [-0.05, 0) is 24.1 Å². The molecule has 5 nitrogen and oxygen atoms in total. The Hall–Kier alpha value is -2.24. The zero-order chi connectivity index (χ0) is 16.2. The van der Waals surface area contributed by atoms with E-state index in [1.165, 1.54) is 0 Å². The number of pyridine rings is 1. The van der Waals surface area contributed by atoms with Crippen LogP contribution in [0, 0.1) is 6.92 Å². The van der Waals surface area contributed by atoms with E-state index in [1.807, 2.05) is 43.3 Å². The van der Waals surface area contributed by atoms with Gasteiger partial charge in [-0.25, -0.2) is 0 Å². The number of carbonyl (C=O) groups is 1. The van der Waals surface area contributed by atoms with Gasteiger partial charge in [-0.1, -0.05) is 30.3 Å². The Labute approximate surface area is 135 Å². The van der Waals surface area contributed by atoms with E-state index >= 15 is 0 Å². The topological polar surface area (TPSA) is 62.7 Å². The highest BCUT2D eigenvalue weighted by Crippen LogP contribution is 2.26. The van der Waals surface area contributed by atoms with Crippen LogP contribution in [0.4, 0.5) is 0 Å². The number of ether oxygens (including phenoxy) is 1. The summed E-state index contributed by atoms with van der Waals surface area (Å²) >= 11 is 0. The summed E-state index contributed by atoms with van der Waals surface area (Å²) in [7, 11) is 0. The van der Waals surface area contributed by atoms with Crippen molar-refractivity contribution in [1.29, 1.82) is 0 Å². The fourth-order valence-corrected chi connectivity index (χ4v) is 2.83. The second-order valence-electron chi connectivity index (χ2n) is 5.66. The van der Waals surface area contributed by atoms with E-state index in [0.717, 1.165) is 11.1 Å². The average Bonchev–Trinajstić information content (AvgIpc) is 2.79. The second-order valence-corrected chi connectivity index (χ2v) is 5.66. The molecule has 1 amide bonds. The Morgan fingerprint density at radius 2 is 2.09 bits per heavy atom. The van der Waals surface area contributed by atoms with E-state index in [1.54, 1.807) is 11.1 Å². The molecule has 2 heterocycles. The average molecular weight is 312 g/mol. The van der Waals surface area contributed by atoms with Crippen molar-refractivity contribution in [1.82, 2.24) is 9.88 Å². The molecule has 1 N–H and O–H groups in total. The number of aliphatic hydroxyl groups excluding tert-OH is 1. The molecule has 1 aliphatic rings. The van der Waals surface area contributed by atoms with Crippen molar-refractivity contribution in [3.05, 3.63) is 53.9 Å². The first-order valence-electron chi connectivity index (χ1n) is 7.73. The number of aliphatic hydroxyl groups is 1. The van der Waals surface area contributed by atoms with Gasteiger partial charge >= 0.3 is 0 Å². The van der Waals surface area contributed by atoms with Gasteiger partial charge in [-0.2, -0.15) is 0 Å². The third-order valence-corrected chi connectivity index (χ3v) is 3.97. The van der Waals surface area contributed by atoms with Gasteiger partial charge in [-0.3, -0.25) is 9.78 Å². The minimum Gasteiger partial charge on any atom is -0.389 e. The number of amides is 1. The van der Waals surface area contributed by atoms with E-state index in [0.29, 0.717) is 24.4 Å². The van der Waals surface area contributed by atoms with Crippen LogP contribution in [0.3, 0.4) is 0 Å². The number of β-amino-alcohol motifs (C(OH)–C–C–N with tert-alkyl or cyclic N) is 1. The number of rotatable bonds is 2. The lowest BCUT2D eigenvalue weighted by Gasteiger charge is -2.23. The third-order valence-electron chi connectivity index (χ3n) is 3.97. The van der Waals surface area contributed by atoms with Crippen LogP contribution in [0.25, 0.3) is 11.1 Å². The van der Waals surface area contributed by atoms with Crippen LogP contribution in [-0.2, 0) is 4.74 Å². The minimum atomic E-state index is -0.654. The number of hydrogen-bond donors (Lipinski definition) is 1. The molecule has 23 heavy (non-hydrogen) atoms. The van der Waals surface area contributed by atoms with Crippen molar-refractivity contribution in [2.75, 3.05) is 26.3 Å². The van der Waals surface area contributed by atoms with Crippen LogP contribution >= 0.6 is 0 Å². The molecule has 5 heteroatoms. The van der Waals surface area contributed by atoms with Crippen LogP contribution in [0.15, 0.2) is 42.6 Å². The third kappa shape index (κ3) is 3.41. The van der Waals surface area contributed by atoms with Gasteiger partial charge < -0.3 is 14.7 Å². The van der Waals surface area contributed by atoms with E-state index in [2.05, 4.69) is 4.98 Å². The molecule has 2 aromatic rings. The van der Waals surface area contributed by atoms with Crippen molar-refractivity contribution >= 4 is 5.91 Å². The second kappa shape index (κ2) is 6.89. The Balaban J connectivity index is 2.00. The molecule has 1 fully saturated rings. The highest BCUT2D eigenvalue weighted by Gasteiger charge is 2.25. The number of benzene rings is 1. The first kappa shape index (κ1) is 15.6. The van der Waals surface area contributed by atoms with Crippen molar-refractivity contribution in [2.45, 2.75) is 13.0 Å². The predicted octanol–water partition coefficient (Wildman–Crippen LogP) is 1.89. The summed E-state index contributed by atoms with van der Waals surface area (Å²) in [5.74, 6) is -0.112. The molecule has 0 bridgehead atoms. The molecule has 1 aliphatic heterocycles. The lowest BCUT2D eigenvalue weighted by molar-refractivity contribution is 0.0534. The van der Waals surface area contributed by atoms with Crippen LogP contribution in [0.5, 0.6) is 0 Å². The maximum atomic E-state index is 13.0. The first-order chi connectivity index (χ1) is 11.2. The van der Waals surface area contributed by atoms with Crippen molar-refractivity contribution in [3.63, 3.8) is 0 Å². The van der Waals surface area contributed by atoms with Gasteiger partial charge in [0.1, 0.15) is 0 Å². The molecule has 1 atom stereocenters. The fraction of sp³-hybridized carbons (Fsp3) is 0.333. The fourth-order valence-electron chi connectivity index (χ4n) is 2.83. The number of nitrogens with zero attached hydrogens (tertiary/aromatic N) is 2. The van der Waals surface area contributed by atoms with E-state index in [9.17, 15) is 9.90 Å². The molecule has 3 rings (SSSR count). The van der Waals surface area contributed by atoms with Gasteiger partial charge in [-0.15, -0.1) is 0 Å². The number of hydrogen-bond acceptors (Lipinski definition) is 4. The Morgan fingerprint density at radius 1 is 1.30 bits per heavy atom. The maximum absolute atomic E-state index is 13.0. The van der Waals surface area contributed by atoms with Gasteiger partial charge in [0.05, 0.1) is 30.6 Å². The highest BCUT2D eigenvalue weighted by atomic mass is 16.5. The molecular formula is C18H20N2O3. The van der Waals surface area contributed by atoms with E-state index in [4.69, 9.17) is 4.74 Å². The van der Waals surface area contributed by atoms with Gasteiger partial charge in [0.2, 0.25) is 0 Å². The van der Waals surface area contributed by atoms with Gasteiger partial charge in [0.15, 0.2) is 0 Å². The first-order valence-corrected chi connectivity index (χ1v) is 7.73. The quantitative estimate of drug-likeness (QED) is 0.920. The summed E-state index contributed by atoms with van der Waals surface area (Å²) in [5, 5.41) is 9.88. The van der Waals surface area contributed by atoms with Gasteiger partial charge in [0, 0.05) is 19.3 Å². The summed E-state index contributed by atoms with van der Waals surface area (Å²) in [6, 6.07) is 11.7. The summed E-state index contributed by atoms with van der Waals surface area (Å²) in [5.41, 5.74) is 3.12. The molecule has 1 aromatic heterocycles. The standard InChI is InChI=1S/C18H20N2O3/c1-13-17(18(22)20-9-10-23-12-15(21)11-20)16(7-8-19-13)14-5-3-2-4-6-14/h2-8,15,21H,9-12H2,1H3. The predicted molar refractivity (Wildman–Crippen MR) is 87.1 cm³/mol. The van der Waals surface area contributed by atoms with E-state index in [-0.39, 0.29) is 19.1 Å². The SMILES string of the molecule is Cc1nccc(-c2ccccc2)c1C(=O)N1CCOCC(O)C1. The lowest BCUT2D eigenvalue weighted by Crippen LogP contribution is -2.38. The molecule has 1 unspecified atom stereocenters. The molecule has 1 saturated heterocycles. The highest BCUT2D eigenvalue weighted by molar-refractivity contribution is 6.01. The summed E-state index contributed by atoms with van der Waals surface area (Å²) in [6.45, 7) is 3.29. The molecule has 0 saturated carbocycles. The molecule has 0 radical (unpaired) electrons. The maximum Gasteiger partial charge on any atom is 0.256 e. The number of aryl methyl sites for hydroxylation is 1. The van der Waals surface area contributed by atoms with Crippen molar-refractivity contribution in [2.24, 2.45) is 0 Å². The Morgan fingerprint density at radius 3 is 2.87 bits per heavy atom. The van der Waals surface area contributed by atoms with Crippen molar-refractivity contribution < 1.29 is 14.6 Å². The van der Waals surface area contributed by atoms with Gasteiger partial charge in [0.25, 0.3) is 5.91 Å². The number of carbonyl (C=O) groups excluding carboxylic acids is 1. The zero-order valence-corrected chi connectivity index (χ0v) is 13.1. The largest absolute Gasteiger partial charge is 0.389 e. The molecule has 0 aliphatic carbocycles. The van der Waals surface area contributed by atoms with Crippen LogP contribution in [-0.4, -0.2) is 53.3 Å². The normalized spacial score (nSPS) is 18.5. The van der Waals surface area contributed by atoms with Crippen LogP contribution < -0.4 is 0 Å². The summed E-state index contributed by atoms with van der Waals surface area (Å²) in [4.78, 5) is 19.0. The molecule has 1 aromatic carbocycles. The monoisotopic (exact) mass is 312 g/mol. The zero-order valence-electron chi connectivity index (χ0n) is 13.1. The molecule has 0 spiro atoms. The van der Waals surface area contributed by atoms with Crippen LogP contribution in [0.2, 0.25) is 0 Å². The Kier molecular flexibility index (Phi) is 4.69.